The van der Waals surface area contributed by atoms with E-state index < -0.39 is 0 Å². The molecule has 2 aromatic carbocycles. The van der Waals surface area contributed by atoms with Crippen molar-refractivity contribution in [3.8, 4) is 0 Å². The van der Waals surface area contributed by atoms with Gasteiger partial charge in [-0.1, -0.05) is 165 Å². The van der Waals surface area contributed by atoms with Crippen LogP contribution in [0.25, 0.3) is 0 Å². The summed E-state index contributed by atoms with van der Waals surface area (Å²) in [6.45, 7) is 4.59. The minimum absolute atomic E-state index is 0.174. The lowest BCUT2D eigenvalue weighted by Crippen LogP contribution is -2.29. The fourth-order valence-corrected chi connectivity index (χ4v) is 8.07. The van der Waals surface area contributed by atoms with Crippen LogP contribution in [0.2, 0.25) is 0 Å². The molecule has 220 valence electrons. The highest BCUT2D eigenvalue weighted by molar-refractivity contribution is 6.09. The summed E-state index contributed by atoms with van der Waals surface area (Å²) in [6, 6.07) is 17.7. The Balaban J connectivity index is 1.42. The van der Waals surface area contributed by atoms with E-state index >= 15 is 0 Å². The highest BCUT2D eigenvalue weighted by Crippen LogP contribution is 2.45. The van der Waals surface area contributed by atoms with Crippen LogP contribution >= 0.6 is 0 Å². The van der Waals surface area contributed by atoms with Crippen LogP contribution in [0.4, 0.5) is 0 Å². The molecule has 2 aliphatic carbocycles. The van der Waals surface area contributed by atoms with E-state index in [0.29, 0.717) is 10.8 Å². The molecule has 4 rings (SSSR count). The molecule has 0 radical (unpaired) electrons. The summed E-state index contributed by atoms with van der Waals surface area (Å²) >= 11 is 0. The largest absolute Gasteiger partial charge is 0.289 e. The molecule has 0 bridgehead atoms. The van der Waals surface area contributed by atoms with Crippen LogP contribution in [0, 0.1) is 0 Å². The molecule has 0 amide bonds. The van der Waals surface area contributed by atoms with Gasteiger partial charge in [0, 0.05) is 11.1 Å². The molecule has 0 heterocycles. The first kappa shape index (κ1) is 31.1. The van der Waals surface area contributed by atoms with Crippen molar-refractivity contribution in [1.29, 1.82) is 0 Å². The zero-order chi connectivity index (χ0) is 28.1. The Morgan fingerprint density at radius 1 is 0.500 bits per heavy atom. The molecule has 40 heavy (non-hydrogen) atoms. The summed E-state index contributed by atoms with van der Waals surface area (Å²) in [4.78, 5) is 13.5. The quantitative estimate of drug-likeness (QED) is 0.152. The fourth-order valence-electron chi connectivity index (χ4n) is 8.07. The number of rotatable bonds is 16. The van der Waals surface area contributed by atoms with Crippen LogP contribution in [-0.2, 0) is 10.8 Å². The zero-order valence-corrected chi connectivity index (χ0v) is 26.1. The van der Waals surface area contributed by atoms with Crippen LogP contribution in [0.5, 0.6) is 0 Å². The van der Waals surface area contributed by atoms with Crippen molar-refractivity contribution in [2.75, 3.05) is 0 Å². The first-order chi connectivity index (χ1) is 19.6. The van der Waals surface area contributed by atoms with Crippen molar-refractivity contribution in [1.82, 2.24) is 0 Å². The summed E-state index contributed by atoms with van der Waals surface area (Å²) in [6.07, 6.45) is 29.5. The molecule has 0 aromatic heterocycles. The van der Waals surface area contributed by atoms with Crippen LogP contribution in [0.3, 0.4) is 0 Å². The number of unbranched alkanes of at least 4 members (excludes halogenated alkanes) is 8. The van der Waals surface area contributed by atoms with Crippen LogP contribution in [-0.4, -0.2) is 5.78 Å². The van der Waals surface area contributed by atoms with E-state index in [1.165, 1.54) is 152 Å². The average molecular weight is 543 g/mol. The third-order valence-electron chi connectivity index (χ3n) is 10.7. The van der Waals surface area contributed by atoms with E-state index in [4.69, 9.17) is 0 Å². The molecule has 2 aliphatic rings. The van der Waals surface area contributed by atoms with Gasteiger partial charge in [0.05, 0.1) is 0 Å². The predicted molar refractivity (Wildman–Crippen MR) is 173 cm³/mol. The van der Waals surface area contributed by atoms with Gasteiger partial charge in [0.2, 0.25) is 0 Å². The SMILES string of the molecule is CCCCCCCC1(c2ccc(C(=O)c3ccc(C4(CCCCCCC)CCCCC4)cc3)cc2)CCCCC1. The molecule has 0 unspecified atom stereocenters. The molecule has 0 saturated heterocycles. The van der Waals surface area contributed by atoms with Gasteiger partial charge in [0.1, 0.15) is 0 Å². The second kappa shape index (κ2) is 15.9. The second-order valence-corrected chi connectivity index (χ2v) is 13.5. The van der Waals surface area contributed by atoms with Gasteiger partial charge in [-0.15, -0.1) is 0 Å². The van der Waals surface area contributed by atoms with Gasteiger partial charge in [-0.25, -0.2) is 0 Å². The molecule has 1 heteroatoms. The van der Waals surface area contributed by atoms with Crippen LogP contribution in [0.15, 0.2) is 48.5 Å². The minimum Gasteiger partial charge on any atom is -0.289 e. The normalized spacial score (nSPS) is 18.4. The molecular formula is C39H58O. The van der Waals surface area contributed by atoms with Gasteiger partial charge >= 0.3 is 0 Å². The number of carbonyl (C=O) groups is 1. The zero-order valence-electron chi connectivity index (χ0n) is 26.1. The number of ketones is 1. The molecule has 0 spiro atoms. The smallest absolute Gasteiger partial charge is 0.193 e. The average Bonchev–Trinajstić information content (AvgIpc) is 3.01. The lowest BCUT2D eigenvalue weighted by atomic mass is 9.66. The summed E-state index contributed by atoms with van der Waals surface area (Å²) in [7, 11) is 0. The second-order valence-electron chi connectivity index (χ2n) is 13.5. The first-order valence-electron chi connectivity index (χ1n) is 17.4. The van der Waals surface area contributed by atoms with Crippen molar-refractivity contribution in [2.45, 2.75) is 166 Å². The Morgan fingerprint density at radius 3 is 1.20 bits per heavy atom. The highest BCUT2D eigenvalue weighted by Gasteiger charge is 2.34. The van der Waals surface area contributed by atoms with Crippen molar-refractivity contribution < 1.29 is 4.79 Å². The maximum absolute atomic E-state index is 13.5. The van der Waals surface area contributed by atoms with Gasteiger partial charge in [0.15, 0.2) is 5.78 Å². The molecule has 2 fully saturated rings. The van der Waals surface area contributed by atoms with Gasteiger partial charge in [-0.2, -0.15) is 0 Å². The molecule has 1 nitrogen and oxygen atoms in total. The number of hydrogen-bond acceptors (Lipinski definition) is 1. The van der Waals surface area contributed by atoms with Crippen molar-refractivity contribution >= 4 is 5.78 Å². The van der Waals surface area contributed by atoms with E-state index in [1.807, 2.05) is 0 Å². The van der Waals surface area contributed by atoms with E-state index in [-0.39, 0.29) is 5.78 Å². The standard InChI is InChI=1S/C39H58O/c1-3-5-7-9-13-27-38(29-15-11-16-30-38)35-23-19-33(20-24-35)37(40)34-21-25-36(26-22-34)39(31-17-12-18-32-39)28-14-10-8-6-4-2/h19-26H,3-18,27-32H2,1-2H3. The van der Waals surface area contributed by atoms with Crippen LogP contribution in [0.1, 0.15) is 182 Å². The Kier molecular flexibility index (Phi) is 12.4. The van der Waals surface area contributed by atoms with Gasteiger partial charge in [-0.05, 0) is 60.5 Å². The minimum atomic E-state index is 0.174. The molecule has 2 aromatic rings. The molecule has 0 aliphatic heterocycles. The highest BCUT2D eigenvalue weighted by atomic mass is 16.1. The van der Waals surface area contributed by atoms with Crippen molar-refractivity contribution in [3.63, 3.8) is 0 Å². The summed E-state index contributed by atoms with van der Waals surface area (Å²) in [5.74, 6) is 0.174. The van der Waals surface area contributed by atoms with E-state index in [9.17, 15) is 4.79 Å². The maximum atomic E-state index is 13.5. The monoisotopic (exact) mass is 542 g/mol. The summed E-state index contributed by atoms with van der Waals surface area (Å²) < 4.78 is 0. The number of carbonyl (C=O) groups excluding carboxylic acids is 1. The molecule has 2 saturated carbocycles. The lowest BCUT2D eigenvalue weighted by molar-refractivity contribution is 0.103. The van der Waals surface area contributed by atoms with Crippen molar-refractivity contribution in [3.05, 3.63) is 70.8 Å². The topological polar surface area (TPSA) is 17.1 Å². The fraction of sp³-hybridized carbons (Fsp3) is 0.667. The Bertz CT molecular complexity index is 905. The van der Waals surface area contributed by atoms with E-state index in [0.717, 1.165) is 11.1 Å². The van der Waals surface area contributed by atoms with Gasteiger partial charge in [-0.3, -0.25) is 4.79 Å². The first-order valence-corrected chi connectivity index (χ1v) is 17.4. The predicted octanol–water partition coefficient (Wildman–Crippen LogP) is 12.0. The molecule has 0 N–H and O–H groups in total. The summed E-state index contributed by atoms with van der Waals surface area (Å²) in [5.41, 5.74) is 5.31. The van der Waals surface area contributed by atoms with Crippen LogP contribution < -0.4 is 0 Å². The third-order valence-corrected chi connectivity index (χ3v) is 10.7. The van der Waals surface area contributed by atoms with Gasteiger partial charge < -0.3 is 0 Å². The maximum Gasteiger partial charge on any atom is 0.193 e. The lowest BCUT2D eigenvalue weighted by Gasteiger charge is -2.38. The third kappa shape index (κ3) is 8.10. The Morgan fingerprint density at radius 2 is 0.850 bits per heavy atom. The molecular weight excluding hydrogens is 484 g/mol. The Labute approximate surface area is 246 Å². The Hall–Kier alpha value is -1.89. The summed E-state index contributed by atoms with van der Waals surface area (Å²) in [5, 5.41) is 0. The van der Waals surface area contributed by atoms with Crippen molar-refractivity contribution in [2.24, 2.45) is 0 Å². The molecule has 0 atom stereocenters. The van der Waals surface area contributed by atoms with Gasteiger partial charge in [0.25, 0.3) is 0 Å². The number of benzene rings is 2. The van der Waals surface area contributed by atoms with E-state index in [1.54, 1.807) is 0 Å². The number of hydrogen-bond donors (Lipinski definition) is 0. The van der Waals surface area contributed by atoms with E-state index in [2.05, 4.69) is 62.4 Å².